The van der Waals surface area contributed by atoms with Gasteiger partial charge in [-0.2, -0.15) is 0 Å². The van der Waals surface area contributed by atoms with Crippen LogP contribution in [0.5, 0.6) is 5.75 Å². The highest BCUT2D eigenvalue weighted by Gasteiger charge is 2.06. The first kappa shape index (κ1) is 23.9. The van der Waals surface area contributed by atoms with Crippen LogP contribution in [-0.4, -0.2) is 44.9 Å². The molecular weight excluding hydrogens is 498 g/mol. The number of halogens is 2. The van der Waals surface area contributed by atoms with Crippen LogP contribution in [0, 0.1) is 5.82 Å². The van der Waals surface area contributed by atoms with E-state index in [0.717, 1.165) is 40.7 Å². The maximum absolute atomic E-state index is 13.5. The van der Waals surface area contributed by atoms with Crippen LogP contribution in [-0.2, 0) is 11.2 Å². The topological polar surface area (TPSA) is 70.7 Å². The summed E-state index contributed by atoms with van der Waals surface area (Å²) in [6.07, 6.45) is 3.51. The number of rotatable bonds is 9. The number of aliphatic imine (C=N–C) groups is 1. The molecular formula is C22H28FIN4O2. The minimum Gasteiger partial charge on any atom is -0.493 e. The highest BCUT2D eigenvalue weighted by Crippen LogP contribution is 2.20. The number of aromatic amines is 1. The van der Waals surface area contributed by atoms with Crippen molar-refractivity contribution in [2.75, 3.05) is 39.2 Å². The molecule has 1 aromatic heterocycles. The molecule has 0 bridgehead atoms. The SMILES string of the molecule is CN=C(NCCc1c[nH]c2ccc(F)cc12)Nc1cccc(OCCCOC)c1.I. The van der Waals surface area contributed by atoms with E-state index in [1.165, 1.54) is 6.07 Å². The van der Waals surface area contributed by atoms with Gasteiger partial charge in [-0.15, -0.1) is 24.0 Å². The summed E-state index contributed by atoms with van der Waals surface area (Å²) in [5.74, 6) is 1.23. The Hall–Kier alpha value is -2.33. The Bertz CT molecular complexity index is 961. The van der Waals surface area contributed by atoms with E-state index < -0.39 is 0 Å². The molecule has 0 saturated heterocycles. The Morgan fingerprint density at radius 1 is 1.17 bits per heavy atom. The first-order chi connectivity index (χ1) is 14.2. The van der Waals surface area contributed by atoms with Gasteiger partial charge in [0, 0.05) is 62.6 Å². The average Bonchev–Trinajstić information content (AvgIpc) is 3.13. The smallest absolute Gasteiger partial charge is 0.195 e. The fourth-order valence-electron chi connectivity index (χ4n) is 3.05. The molecule has 0 aliphatic rings. The Labute approximate surface area is 193 Å². The van der Waals surface area contributed by atoms with Crippen LogP contribution < -0.4 is 15.4 Å². The Morgan fingerprint density at radius 3 is 2.83 bits per heavy atom. The first-order valence-corrected chi connectivity index (χ1v) is 9.64. The van der Waals surface area contributed by atoms with Crippen LogP contribution in [0.2, 0.25) is 0 Å². The number of guanidine groups is 1. The van der Waals surface area contributed by atoms with E-state index in [2.05, 4.69) is 20.6 Å². The molecule has 0 amide bonds. The summed E-state index contributed by atoms with van der Waals surface area (Å²) in [5, 5.41) is 7.46. The summed E-state index contributed by atoms with van der Waals surface area (Å²) >= 11 is 0. The molecule has 0 unspecified atom stereocenters. The number of fused-ring (bicyclic) bond motifs is 1. The lowest BCUT2D eigenvalue weighted by atomic mass is 10.1. The summed E-state index contributed by atoms with van der Waals surface area (Å²) in [5.41, 5.74) is 2.89. The number of nitrogens with one attached hydrogen (secondary N) is 3. The zero-order chi connectivity index (χ0) is 20.5. The lowest BCUT2D eigenvalue weighted by Gasteiger charge is -2.13. The van der Waals surface area contributed by atoms with Gasteiger partial charge in [0.25, 0.3) is 0 Å². The highest BCUT2D eigenvalue weighted by atomic mass is 127. The zero-order valence-electron chi connectivity index (χ0n) is 17.2. The van der Waals surface area contributed by atoms with Crippen LogP contribution in [0.15, 0.2) is 53.7 Å². The van der Waals surface area contributed by atoms with Crippen molar-refractivity contribution in [2.45, 2.75) is 12.8 Å². The van der Waals surface area contributed by atoms with Crippen LogP contribution >= 0.6 is 24.0 Å². The molecule has 6 nitrogen and oxygen atoms in total. The Kier molecular flexibility index (Phi) is 9.88. The predicted molar refractivity (Wildman–Crippen MR) is 131 cm³/mol. The normalized spacial score (nSPS) is 11.2. The summed E-state index contributed by atoms with van der Waals surface area (Å²) in [6.45, 7) is 1.95. The minimum absolute atomic E-state index is 0. The molecule has 2 aromatic carbocycles. The van der Waals surface area contributed by atoms with Crippen molar-refractivity contribution in [1.82, 2.24) is 10.3 Å². The lowest BCUT2D eigenvalue weighted by Crippen LogP contribution is -2.32. The van der Waals surface area contributed by atoms with E-state index >= 15 is 0 Å². The van der Waals surface area contributed by atoms with Crippen molar-refractivity contribution in [3.05, 3.63) is 60.0 Å². The van der Waals surface area contributed by atoms with Crippen molar-refractivity contribution in [3.63, 3.8) is 0 Å². The molecule has 30 heavy (non-hydrogen) atoms. The highest BCUT2D eigenvalue weighted by molar-refractivity contribution is 14.0. The van der Waals surface area contributed by atoms with Crippen molar-refractivity contribution in [3.8, 4) is 5.75 Å². The van der Waals surface area contributed by atoms with Gasteiger partial charge in [0.2, 0.25) is 0 Å². The van der Waals surface area contributed by atoms with E-state index in [9.17, 15) is 4.39 Å². The fraction of sp³-hybridized carbons (Fsp3) is 0.318. The minimum atomic E-state index is -0.229. The number of aromatic nitrogens is 1. The van der Waals surface area contributed by atoms with E-state index in [0.29, 0.717) is 25.7 Å². The van der Waals surface area contributed by atoms with Crippen molar-refractivity contribution < 1.29 is 13.9 Å². The number of nitrogens with zero attached hydrogens (tertiary/aromatic N) is 1. The first-order valence-electron chi connectivity index (χ1n) is 9.64. The number of methoxy groups -OCH3 is 1. The van der Waals surface area contributed by atoms with Gasteiger partial charge in [-0.1, -0.05) is 6.07 Å². The van der Waals surface area contributed by atoms with E-state index in [1.54, 1.807) is 26.3 Å². The number of ether oxygens (including phenoxy) is 2. The molecule has 0 fully saturated rings. The van der Waals surface area contributed by atoms with E-state index in [4.69, 9.17) is 9.47 Å². The third kappa shape index (κ3) is 6.88. The summed E-state index contributed by atoms with van der Waals surface area (Å²) in [4.78, 5) is 7.44. The van der Waals surface area contributed by atoms with Gasteiger partial charge in [-0.25, -0.2) is 4.39 Å². The average molecular weight is 526 g/mol. The van der Waals surface area contributed by atoms with Gasteiger partial charge >= 0.3 is 0 Å². The van der Waals surface area contributed by atoms with Gasteiger partial charge in [0.1, 0.15) is 11.6 Å². The van der Waals surface area contributed by atoms with Gasteiger partial charge in [0.15, 0.2) is 5.96 Å². The number of hydrogen-bond donors (Lipinski definition) is 3. The van der Waals surface area contributed by atoms with Crippen molar-refractivity contribution in [1.29, 1.82) is 0 Å². The maximum atomic E-state index is 13.5. The van der Waals surface area contributed by atoms with Crippen LogP contribution in [0.4, 0.5) is 10.1 Å². The molecule has 8 heteroatoms. The fourth-order valence-corrected chi connectivity index (χ4v) is 3.05. The zero-order valence-corrected chi connectivity index (χ0v) is 19.5. The molecule has 162 valence electrons. The van der Waals surface area contributed by atoms with Gasteiger partial charge in [-0.3, -0.25) is 4.99 Å². The molecule has 3 rings (SSSR count). The molecule has 3 N–H and O–H groups in total. The molecule has 0 aliphatic heterocycles. The number of hydrogen-bond acceptors (Lipinski definition) is 3. The molecule has 1 heterocycles. The Morgan fingerprint density at radius 2 is 2.03 bits per heavy atom. The summed E-state index contributed by atoms with van der Waals surface area (Å²) < 4.78 is 24.3. The predicted octanol–water partition coefficient (Wildman–Crippen LogP) is 4.57. The Balaban J connectivity index is 0.00000320. The second-order valence-corrected chi connectivity index (χ2v) is 6.60. The molecule has 0 aliphatic carbocycles. The third-order valence-electron chi connectivity index (χ3n) is 4.50. The summed E-state index contributed by atoms with van der Waals surface area (Å²) in [6, 6.07) is 12.5. The second kappa shape index (κ2) is 12.4. The van der Waals surface area contributed by atoms with Crippen LogP contribution in [0.3, 0.4) is 0 Å². The molecule has 0 radical (unpaired) electrons. The largest absolute Gasteiger partial charge is 0.493 e. The van der Waals surface area contributed by atoms with Crippen LogP contribution in [0.25, 0.3) is 10.9 Å². The quantitative estimate of drug-likeness (QED) is 0.165. The van der Waals surface area contributed by atoms with Crippen molar-refractivity contribution in [2.24, 2.45) is 4.99 Å². The number of anilines is 1. The lowest BCUT2D eigenvalue weighted by molar-refractivity contribution is 0.172. The standard InChI is InChI=1S/C22H27FN4O2.HI/c1-24-22(27-18-5-3-6-19(14-18)29-12-4-11-28-2)25-10-9-16-15-26-21-8-7-17(23)13-20(16)21;/h3,5-8,13-15,26H,4,9-12H2,1-2H3,(H2,24,25,27);1H. The van der Waals surface area contributed by atoms with Gasteiger partial charge in [-0.05, 0) is 42.3 Å². The summed E-state index contributed by atoms with van der Waals surface area (Å²) in [7, 11) is 3.40. The van der Waals surface area contributed by atoms with E-state index in [-0.39, 0.29) is 29.8 Å². The monoisotopic (exact) mass is 526 g/mol. The van der Waals surface area contributed by atoms with Gasteiger partial charge < -0.3 is 25.1 Å². The molecule has 0 saturated carbocycles. The third-order valence-corrected chi connectivity index (χ3v) is 4.50. The molecule has 0 atom stereocenters. The van der Waals surface area contributed by atoms with Gasteiger partial charge in [0.05, 0.1) is 6.61 Å². The number of benzene rings is 2. The number of H-pyrrole nitrogens is 1. The molecule has 3 aromatic rings. The van der Waals surface area contributed by atoms with Crippen LogP contribution in [0.1, 0.15) is 12.0 Å². The maximum Gasteiger partial charge on any atom is 0.195 e. The second-order valence-electron chi connectivity index (χ2n) is 6.60. The van der Waals surface area contributed by atoms with E-state index in [1.807, 2.05) is 30.5 Å². The van der Waals surface area contributed by atoms with Crippen molar-refractivity contribution >= 4 is 46.5 Å². The molecule has 0 spiro atoms.